The van der Waals surface area contributed by atoms with Crippen LogP contribution in [0.1, 0.15) is 33.6 Å². The highest BCUT2D eigenvalue weighted by atomic mass is 14.5. The molecule has 0 saturated heterocycles. The SMILES string of the molecule is C=CC(C)/C=C\C.CCCCN. The Kier molecular flexibility index (Phi) is 15.2. The van der Waals surface area contributed by atoms with Crippen LogP contribution in [0.2, 0.25) is 0 Å². The first-order valence-corrected chi connectivity index (χ1v) is 4.68. The predicted molar refractivity (Wildman–Crippen MR) is 58.1 cm³/mol. The van der Waals surface area contributed by atoms with Crippen LogP contribution in [0.5, 0.6) is 0 Å². The van der Waals surface area contributed by atoms with Crippen molar-refractivity contribution in [1.29, 1.82) is 0 Å². The monoisotopic (exact) mass is 169 g/mol. The standard InChI is InChI=1S/C7H12.C4H11N/c1-4-6-7(3)5-2;1-2-3-4-5/h4-7H,2H2,1,3H3;2-5H2,1H3/b6-4-;. The molecule has 0 aliphatic heterocycles. The molecule has 0 aromatic rings. The summed E-state index contributed by atoms with van der Waals surface area (Å²) in [5, 5.41) is 0. The van der Waals surface area contributed by atoms with Gasteiger partial charge in [-0.15, -0.1) is 6.58 Å². The van der Waals surface area contributed by atoms with Gasteiger partial charge in [0, 0.05) is 0 Å². The van der Waals surface area contributed by atoms with Crippen molar-refractivity contribution in [3.8, 4) is 0 Å². The van der Waals surface area contributed by atoms with Crippen molar-refractivity contribution in [1.82, 2.24) is 0 Å². The van der Waals surface area contributed by atoms with Gasteiger partial charge in [0.2, 0.25) is 0 Å². The zero-order chi connectivity index (χ0) is 9.82. The van der Waals surface area contributed by atoms with Gasteiger partial charge in [-0.1, -0.05) is 38.5 Å². The molecule has 1 unspecified atom stereocenters. The Hall–Kier alpha value is -0.560. The highest BCUT2D eigenvalue weighted by Gasteiger charge is 1.81. The molecule has 0 bridgehead atoms. The van der Waals surface area contributed by atoms with Crippen LogP contribution in [0.25, 0.3) is 0 Å². The van der Waals surface area contributed by atoms with Crippen LogP contribution < -0.4 is 5.73 Å². The van der Waals surface area contributed by atoms with Gasteiger partial charge in [0.05, 0.1) is 0 Å². The van der Waals surface area contributed by atoms with E-state index in [9.17, 15) is 0 Å². The summed E-state index contributed by atoms with van der Waals surface area (Å²) in [6, 6.07) is 0. The molecular weight excluding hydrogens is 146 g/mol. The lowest BCUT2D eigenvalue weighted by Gasteiger charge is -1.90. The number of hydrogen-bond donors (Lipinski definition) is 1. The Bertz CT molecular complexity index is 104. The Morgan fingerprint density at radius 1 is 1.50 bits per heavy atom. The van der Waals surface area contributed by atoms with Crippen molar-refractivity contribution in [2.24, 2.45) is 11.7 Å². The molecule has 0 aromatic heterocycles. The first-order valence-electron chi connectivity index (χ1n) is 4.68. The second-order valence-electron chi connectivity index (χ2n) is 2.76. The van der Waals surface area contributed by atoms with Gasteiger partial charge < -0.3 is 5.73 Å². The molecule has 72 valence electrons. The van der Waals surface area contributed by atoms with Crippen molar-refractivity contribution >= 4 is 0 Å². The molecule has 0 rings (SSSR count). The maximum atomic E-state index is 5.14. The third-order valence-corrected chi connectivity index (χ3v) is 1.43. The maximum Gasteiger partial charge on any atom is -0.00774 e. The van der Waals surface area contributed by atoms with Crippen LogP contribution >= 0.6 is 0 Å². The fraction of sp³-hybridized carbons (Fsp3) is 0.636. The van der Waals surface area contributed by atoms with Gasteiger partial charge in [0.1, 0.15) is 0 Å². The van der Waals surface area contributed by atoms with E-state index in [1.54, 1.807) is 0 Å². The molecule has 1 nitrogen and oxygen atoms in total. The summed E-state index contributed by atoms with van der Waals surface area (Å²) in [5.41, 5.74) is 5.14. The Labute approximate surface area is 77.4 Å². The van der Waals surface area contributed by atoms with E-state index >= 15 is 0 Å². The van der Waals surface area contributed by atoms with Crippen molar-refractivity contribution in [3.05, 3.63) is 24.8 Å². The molecule has 0 spiro atoms. The molecule has 2 N–H and O–H groups in total. The summed E-state index contributed by atoms with van der Waals surface area (Å²) in [7, 11) is 0. The first kappa shape index (κ1) is 14.0. The van der Waals surface area contributed by atoms with E-state index in [0.29, 0.717) is 5.92 Å². The summed E-state index contributed by atoms with van der Waals surface area (Å²) < 4.78 is 0. The van der Waals surface area contributed by atoms with Crippen molar-refractivity contribution in [2.75, 3.05) is 6.54 Å². The number of hydrogen-bond acceptors (Lipinski definition) is 1. The van der Waals surface area contributed by atoms with Crippen LogP contribution in [0, 0.1) is 5.92 Å². The molecule has 0 aliphatic carbocycles. The predicted octanol–water partition coefficient (Wildman–Crippen LogP) is 3.13. The van der Waals surface area contributed by atoms with Crippen LogP contribution in [-0.2, 0) is 0 Å². The van der Waals surface area contributed by atoms with Gasteiger partial charge in [-0.05, 0) is 25.8 Å². The van der Waals surface area contributed by atoms with Gasteiger partial charge in [0.15, 0.2) is 0 Å². The van der Waals surface area contributed by atoms with E-state index < -0.39 is 0 Å². The van der Waals surface area contributed by atoms with Gasteiger partial charge >= 0.3 is 0 Å². The largest absolute Gasteiger partial charge is 0.330 e. The van der Waals surface area contributed by atoms with Crippen LogP contribution in [0.4, 0.5) is 0 Å². The van der Waals surface area contributed by atoms with Crippen LogP contribution in [0.15, 0.2) is 24.8 Å². The maximum absolute atomic E-state index is 5.14. The fourth-order valence-corrected chi connectivity index (χ4v) is 0.586. The summed E-state index contributed by atoms with van der Waals surface area (Å²) >= 11 is 0. The van der Waals surface area contributed by atoms with Crippen molar-refractivity contribution in [3.63, 3.8) is 0 Å². The Morgan fingerprint density at radius 3 is 2.17 bits per heavy atom. The molecule has 12 heavy (non-hydrogen) atoms. The van der Waals surface area contributed by atoms with Gasteiger partial charge in [-0.2, -0.15) is 0 Å². The average Bonchev–Trinajstić information content (AvgIpc) is 2.07. The van der Waals surface area contributed by atoms with E-state index in [1.807, 2.05) is 19.1 Å². The van der Waals surface area contributed by atoms with Crippen LogP contribution in [-0.4, -0.2) is 6.54 Å². The molecule has 1 atom stereocenters. The van der Waals surface area contributed by atoms with Gasteiger partial charge in [-0.3, -0.25) is 0 Å². The van der Waals surface area contributed by atoms with Crippen molar-refractivity contribution < 1.29 is 0 Å². The van der Waals surface area contributed by atoms with E-state index in [1.165, 1.54) is 12.8 Å². The summed E-state index contributed by atoms with van der Waals surface area (Å²) in [5.74, 6) is 0.532. The summed E-state index contributed by atoms with van der Waals surface area (Å²) in [6.07, 6.45) is 8.44. The highest BCUT2D eigenvalue weighted by molar-refractivity contribution is 4.92. The Balaban J connectivity index is 0. The lowest BCUT2D eigenvalue weighted by molar-refractivity contribution is 0.807. The normalized spacial score (nSPS) is 12.0. The van der Waals surface area contributed by atoms with E-state index in [4.69, 9.17) is 5.73 Å². The number of allylic oxidation sites excluding steroid dienone is 3. The molecule has 0 fully saturated rings. The highest BCUT2D eigenvalue weighted by Crippen LogP contribution is 1.95. The minimum absolute atomic E-state index is 0.532. The molecule has 0 heterocycles. The lowest BCUT2D eigenvalue weighted by atomic mass is 10.2. The third kappa shape index (κ3) is 16.2. The van der Waals surface area contributed by atoms with E-state index in [-0.39, 0.29) is 0 Å². The third-order valence-electron chi connectivity index (χ3n) is 1.43. The smallest absolute Gasteiger partial charge is 0.00774 e. The Morgan fingerprint density at radius 2 is 2.08 bits per heavy atom. The number of unbranched alkanes of at least 4 members (excludes halogenated alkanes) is 1. The lowest BCUT2D eigenvalue weighted by Crippen LogP contribution is -1.95. The average molecular weight is 169 g/mol. The molecule has 0 saturated carbocycles. The summed E-state index contributed by atoms with van der Waals surface area (Å²) in [6.45, 7) is 10.7. The molecule has 0 aliphatic rings. The second kappa shape index (κ2) is 13.1. The molecule has 1 heteroatoms. The number of rotatable bonds is 4. The number of nitrogens with two attached hydrogens (primary N) is 1. The summed E-state index contributed by atoms with van der Waals surface area (Å²) in [4.78, 5) is 0. The van der Waals surface area contributed by atoms with Crippen LogP contribution in [0.3, 0.4) is 0 Å². The fourth-order valence-electron chi connectivity index (χ4n) is 0.586. The molecular formula is C11H23N. The molecule has 0 radical (unpaired) electrons. The quantitative estimate of drug-likeness (QED) is 0.643. The topological polar surface area (TPSA) is 26.0 Å². The second-order valence-corrected chi connectivity index (χ2v) is 2.76. The zero-order valence-electron chi connectivity index (χ0n) is 8.72. The minimum atomic E-state index is 0.532. The van der Waals surface area contributed by atoms with Crippen molar-refractivity contribution in [2.45, 2.75) is 33.6 Å². The first-order chi connectivity index (χ1) is 5.72. The minimum Gasteiger partial charge on any atom is -0.330 e. The van der Waals surface area contributed by atoms with Gasteiger partial charge in [0.25, 0.3) is 0 Å². The molecule has 0 amide bonds. The zero-order valence-corrected chi connectivity index (χ0v) is 8.72. The molecule has 0 aromatic carbocycles. The van der Waals surface area contributed by atoms with Gasteiger partial charge in [-0.25, -0.2) is 0 Å². The van der Waals surface area contributed by atoms with E-state index in [0.717, 1.165) is 6.54 Å². The van der Waals surface area contributed by atoms with E-state index in [2.05, 4.69) is 26.5 Å².